The smallest absolute Gasteiger partial charge is 0.280 e. The van der Waals surface area contributed by atoms with Gasteiger partial charge in [-0.3, -0.25) is 4.72 Å². The maximum atomic E-state index is 12.4. The number of anilines is 1. The van der Waals surface area contributed by atoms with Gasteiger partial charge in [0.15, 0.2) is 5.03 Å². The van der Waals surface area contributed by atoms with E-state index in [9.17, 15) is 16.8 Å². The summed E-state index contributed by atoms with van der Waals surface area (Å²) < 4.78 is 54.9. The van der Waals surface area contributed by atoms with Gasteiger partial charge in [0.25, 0.3) is 10.0 Å². The molecule has 0 saturated heterocycles. The van der Waals surface area contributed by atoms with Crippen LogP contribution in [0.3, 0.4) is 0 Å². The fourth-order valence-corrected chi connectivity index (χ4v) is 4.83. The molecule has 0 bridgehead atoms. The lowest BCUT2D eigenvalue weighted by molar-refractivity contribution is 0.445. The molecular weight excluding hydrogens is 364 g/mol. The number of hydrogen-bond donors (Lipinski definition) is 1. The highest BCUT2D eigenvalue weighted by atomic mass is 32.2. The normalized spacial score (nSPS) is 12.5. The fourth-order valence-electron chi connectivity index (χ4n) is 2.27. The van der Waals surface area contributed by atoms with Crippen molar-refractivity contribution >= 4 is 25.7 Å². The van der Waals surface area contributed by atoms with Gasteiger partial charge >= 0.3 is 0 Å². The van der Waals surface area contributed by atoms with Crippen LogP contribution in [-0.4, -0.2) is 43.8 Å². The molecule has 2 rings (SSSR count). The Bertz CT molecular complexity index is 924. The molecule has 0 spiro atoms. The van der Waals surface area contributed by atoms with E-state index in [2.05, 4.69) is 9.71 Å². The molecule has 2 aromatic rings. The third-order valence-electron chi connectivity index (χ3n) is 3.81. The van der Waals surface area contributed by atoms with Crippen molar-refractivity contribution in [1.82, 2.24) is 13.9 Å². The van der Waals surface area contributed by atoms with Crippen molar-refractivity contribution in [3.05, 3.63) is 36.3 Å². The second kappa shape index (κ2) is 7.14. The zero-order valence-corrected chi connectivity index (χ0v) is 16.2. The number of aryl methyl sites for hydroxylation is 2. The molecule has 0 aliphatic carbocycles. The average molecular weight is 386 g/mol. The molecule has 1 aromatic carbocycles. The van der Waals surface area contributed by atoms with Gasteiger partial charge in [0, 0.05) is 32.0 Å². The first-order chi connectivity index (χ1) is 11.6. The average Bonchev–Trinajstić information content (AvgIpc) is 2.89. The summed E-state index contributed by atoms with van der Waals surface area (Å²) in [5, 5.41) is -0.0904. The Kier molecular flexibility index (Phi) is 5.55. The number of benzene rings is 1. The Morgan fingerprint density at radius 2 is 1.64 bits per heavy atom. The van der Waals surface area contributed by atoms with Gasteiger partial charge in [0.1, 0.15) is 5.82 Å². The number of imidazole rings is 1. The summed E-state index contributed by atoms with van der Waals surface area (Å²) in [6.45, 7) is 5.96. The van der Waals surface area contributed by atoms with Crippen molar-refractivity contribution in [2.24, 2.45) is 7.05 Å². The molecule has 1 N–H and O–H groups in total. The number of aromatic nitrogens is 2. The van der Waals surface area contributed by atoms with Crippen molar-refractivity contribution in [2.75, 3.05) is 17.8 Å². The van der Waals surface area contributed by atoms with Crippen LogP contribution in [-0.2, 0) is 27.1 Å². The molecule has 0 amide bonds. The molecule has 25 heavy (non-hydrogen) atoms. The van der Waals surface area contributed by atoms with Crippen LogP contribution < -0.4 is 4.72 Å². The Morgan fingerprint density at radius 3 is 2.08 bits per heavy atom. The van der Waals surface area contributed by atoms with Gasteiger partial charge in [0.05, 0.1) is 4.90 Å². The largest absolute Gasteiger partial charge is 0.337 e. The van der Waals surface area contributed by atoms with E-state index < -0.39 is 20.0 Å². The van der Waals surface area contributed by atoms with Gasteiger partial charge in [-0.1, -0.05) is 13.8 Å². The SMILES string of the molecule is CCN(CC)S(=O)(=O)c1ccc(NS(=O)(=O)c2cn(C)c(C)n2)cc1. The van der Waals surface area contributed by atoms with Crippen LogP contribution in [0.25, 0.3) is 0 Å². The number of sulfonamides is 2. The maximum absolute atomic E-state index is 12.4. The zero-order valence-electron chi connectivity index (χ0n) is 14.6. The van der Waals surface area contributed by atoms with Crippen molar-refractivity contribution in [3.8, 4) is 0 Å². The minimum absolute atomic E-state index is 0.0904. The van der Waals surface area contributed by atoms with Crippen molar-refractivity contribution in [3.63, 3.8) is 0 Å². The summed E-state index contributed by atoms with van der Waals surface area (Å²) >= 11 is 0. The Hall–Kier alpha value is -1.91. The first-order valence-electron chi connectivity index (χ1n) is 7.74. The maximum Gasteiger partial charge on any atom is 0.280 e. The summed E-state index contributed by atoms with van der Waals surface area (Å²) in [5.74, 6) is 0.570. The van der Waals surface area contributed by atoms with Crippen LogP contribution in [0.15, 0.2) is 40.4 Å². The highest BCUT2D eigenvalue weighted by molar-refractivity contribution is 7.92. The molecule has 138 valence electrons. The van der Waals surface area contributed by atoms with Gasteiger partial charge in [-0.05, 0) is 31.2 Å². The van der Waals surface area contributed by atoms with Crippen molar-refractivity contribution < 1.29 is 16.8 Å². The van der Waals surface area contributed by atoms with E-state index in [1.807, 2.05) is 0 Å². The molecule has 0 fully saturated rings. The highest BCUT2D eigenvalue weighted by Crippen LogP contribution is 2.20. The van der Waals surface area contributed by atoms with E-state index in [0.717, 1.165) is 0 Å². The first kappa shape index (κ1) is 19.4. The van der Waals surface area contributed by atoms with E-state index in [1.165, 1.54) is 34.8 Å². The Balaban J connectivity index is 2.26. The molecule has 0 saturated carbocycles. The van der Waals surface area contributed by atoms with Crippen molar-refractivity contribution in [1.29, 1.82) is 0 Å². The second-order valence-corrected chi connectivity index (χ2v) is 9.02. The van der Waals surface area contributed by atoms with E-state index in [0.29, 0.717) is 18.9 Å². The van der Waals surface area contributed by atoms with Gasteiger partial charge < -0.3 is 4.57 Å². The van der Waals surface area contributed by atoms with Crippen molar-refractivity contribution in [2.45, 2.75) is 30.7 Å². The molecule has 0 radical (unpaired) electrons. The third kappa shape index (κ3) is 4.02. The standard InChI is InChI=1S/C15H22N4O4S2/c1-5-19(6-2)25(22,23)14-9-7-13(8-10-14)17-24(20,21)15-11-18(4)12(3)16-15/h7-11,17H,5-6H2,1-4H3. The quantitative estimate of drug-likeness (QED) is 0.778. The van der Waals surface area contributed by atoms with E-state index in [1.54, 1.807) is 32.4 Å². The molecule has 0 atom stereocenters. The second-order valence-electron chi connectivity index (χ2n) is 5.46. The molecule has 0 aliphatic rings. The van der Waals surface area contributed by atoms with Gasteiger partial charge in [0.2, 0.25) is 10.0 Å². The summed E-state index contributed by atoms with van der Waals surface area (Å²) in [6.07, 6.45) is 1.41. The van der Waals surface area contributed by atoms with E-state index >= 15 is 0 Å². The fraction of sp³-hybridized carbons (Fsp3) is 0.400. The topological polar surface area (TPSA) is 101 Å². The van der Waals surface area contributed by atoms with Gasteiger partial charge in [-0.25, -0.2) is 13.4 Å². The van der Waals surface area contributed by atoms with Crippen LogP contribution in [0.4, 0.5) is 5.69 Å². The number of nitrogens with one attached hydrogen (secondary N) is 1. The third-order valence-corrected chi connectivity index (χ3v) is 7.13. The van der Waals surface area contributed by atoms with Gasteiger partial charge in [-0.15, -0.1) is 0 Å². The highest BCUT2D eigenvalue weighted by Gasteiger charge is 2.22. The molecular formula is C15H22N4O4S2. The van der Waals surface area contributed by atoms with Gasteiger partial charge in [-0.2, -0.15) is 12.7 Å². The molecule has 0 aliphatic heterocycles. The van der Waals surface area contributed by atoms with Crippen LogP contribution in [0.2, 0.25) is 0 Å². The molecule has 1 aromatic heterocycles. The Morgan fingerprint density at radius 1 is 1.08 bits per heavy atom. The van der Waals surface area contributed by atoms with Crippen LogP contribution in [0.1, 0.15) is 19.7 Å². The Labute approximate surface area is 148 Å². The summed E-state index contributed by atoms with van der Waals surface area (Å²) in [5.41, 5.74) is 0.266. The molecule has 1 heterocycles. The van der Waals surface area contributed by atoms with E-state index in [-0.39, 0.29) is 15.6 Å². The summed E-state index contributed by atoms with van der Waals surface area (Å²) in [4.78, 5) is 4.11. The monoisotopic (exact) mass is 386 g/mol. The van der Waals surface area contributed by atoms with Crippen LogP contribution >= 0.6 is 0 Å². The van der Waals surface area contributed by atoms with Crippen LogP contribution in [0, 0.1) is 6.92 Å². The molecule has 0 unspecified atom stereocenters. The molecule has 10 heteroatoms. The minimum atomic E-state index is -3.83. The summed E-state index contributed by atoms with van der Waals surface area (Å²) in [6, 6.07) is 5.61. The number of rotatable bonds is 7. The minimum Gasteiger partial charge on any atom is -0.337 e. The zero-order chi connectivity index (χ0) is 18.8. The predicted octanol–water partition coefficient (Wildman–Crippen LogP) is 1.56. The van der Waals surface area contributed by atoms with E-state index in [4.69, 9.17) is 0 Å². The predicted molar refractivity (Wildman–Crippen MR) is 95.3 cm³/mol. The van der Waals surface area contributed by atoms with Crippen LogP contribution in [0.5, 0.6) is 0 Å². The number of nitrogens with zero attached hydrogens (tertiary/aromatic N) is 3. The lowest BCUT2D eigenvalue weighted by atomic mass is 10.3. The lowest BCUT2D eigenvalue weighted by Crippen LogP contribution is -2.30. The summed E-state index contributed by atoms with van der Waals surface area (Å²) in [7, 11) is -5.70. The number of hydrogen-bond acceptors (Lipinski definition) is 5. The first-order valence-corrected chi connectivity index (χ1v) is 10.7. The lowest BCUT2D eigenvalue weighted by Gasteiger charge is -2.18. The molecule has 8 nitrogen and oxygen atoms in total.